The number of nitrogens with one attached hydrogen (secondary N) is 1. The van der Waals surface area contributed by atoms with Gasteiger partial charge in [-0.05, 0) is 0 Å². The Balaban J connectivity index is 2.80. The third-order valence-corrected chi connectivity index (χ3v) is 3.75. The van der Waals surface area contributed by atoms with Crippen molar-refractivity contribution in [2.24, 2.45) is 23.4 Å². The molecular weight excluding hydrogens is 258 g/mol. The topological polar surface area (TPSA) is 123 Å². The molecule has 0 saturated carbocycles. The van der Waals surface area contributed by atoms with Crippen LogP contribution in [-0.4, -0.2) is 35.6 Å². The van der Waals surface area contributed by atoms with Crippen molar-refractivity contribution >= 4 is 15.9 Å². The first kappa shape index (κ1) is 14.5. The van der Waals surface area contributed by atoms with Gasteiger partial charge in [-0.2, -0.15) is 0 Å². The van der Waals surface area contributed by atoms with Gasteiger partial charge in [0.25, 0.3) is 10.0 Å². The molecule has 0 saturated heterocycles. The Hall–Kier alpha value is -1.61. The average Bonchev–Trinajstić information content (AvgIpc) is 2.73. The highest BCUT2D eigenvalue weighted by Crippen LogP contribution is 2.15. The van der Waals surface area contributed by atoms with E-state index in [1.807, 2.05) is 0 Å². The normalized spacial score (nSPS) is 13.8. The Morgan fingerprint density at radius 1 is 1.67 bits per heavy atom. The van der Waals surface area contributed by atoms with Gasteiger partial charge in [-0.3, -0.25) is 0 Å². The average molecular weight is 275 g/mol. The second-order valence-corrected chi connectivity index (χ2v) is 6.28. The summed E-state index contributed by atoms with van der Waals surface area (Å²) in [5.41, 5.74) is 4.67. The summed E-state index contributed by atoms with van der Waals surface area (Å²) < 4.78 is 27.6. The summed E-state index contributed by atoms with van der Waals surface area (Å²) in [6, 6.07) is 0. The predicted octanol–water partition coefficient (Wildman–Crippen LogP) is -0.529. The van der Waals surface area contributed by atoms with E-state index in [1.54, 1.807) is 20.9 Å². The molecular formula is C9H17N5O3S. The predicted molar refractivity (Wildman–Crippen MR) is 65.6 cm³/mol. The monoisotopic (exact) mass is 275 g/mol. The lowest BCUT2D eigenvalue weighted by Crippen LogP contribution is -2.42. The highest BCUT2D eigenvalue weighted by molar-refractivity contribution is 7.89. The van der Waals surface area contributed by atoms with Gasteiger partial charge in [-0.15, -0.1) is 0 Å². The quantitative estimate of drug-likeness (QED) is 0.288. The van der Waals surface area contributed by atoms with Crippen molar-refractivity contribution in [2.45, 2.75) is 18.9 Å². The molecule has 0 bridgehead atoms. The van der Waals surface area contributed by atoms with E-state index in [4.69, 9.17) is 10.9 Å². The molecule has 0 atom stereocenters. The maximum atomic E-state index is 11.9. The van der Waals surface area contributed by atoms with Gasteiger partial charge in [0.15, 0.2) is 5.03 Å². The molecule has 1 heterocycles. The molecule has 1 aromatic heterocycles. The summed E-state index contributed by atoms with van der Waals surface area (Å²) in [7, 11) is -2.02. The van der Waals surface area contributed by atoms with Crippen molar-refractivity contribution in [3.63, 3.8) is 0 Å². The number of aromatic nitrogens is 2. The Bertz CT molecular complexity index is 546. The van der Waals surface area contributed by atoms with Crippen molar-refractivity contribution in [2.75, 3.05) is 6.54 Å². The minimum atomic E-state index is -3.69. The van der Waals surface area contributed by atoms with E-state index in [-0.39, 0.29) is 17.4 Å². The van der Waals surface area contributed by atoms with Crippen LogP contribution in [0.3, 0.4) is 0 Å². The summed E-state index contributed by atoms with van der Waals surface area (Å²) in [4.78, 5) is 3.75. The minimum absolute atomic E-state index is 0.00179. The lowest BCUT2D eigenvalue weighted by Gasteiger charge is -2.22. The molecule has 1 rings (SSSR count). The van der Waals surface area contributed by atoms with E-state index < -0.39 is 15.4 Å². The lowest BCUT2D eigenvalue weighted by molar-refractivity contribution is 0.307. The maximum Gasteiger partial charge on any atom is 0.259 e. The molecule has 0 radical (unpaired) electrons. The van der Waals surface area contributed by atoms with E-state index in [0.29, 0.717) is 0 Å². The summed E-state index contributed by atoms with van der Waals surface area (Å²) in [6.07, 6.45) is 2.78. The standard InChI is InChI=1S/C9H17N5O3S/c1-9(2,8(10)13-15)5-12-18(16,17)7-4-14(3)6-11-7/h4,6,12,15H,5H2,1-3H3,(H2,10,13). The third-order valence-electron chi connectivity index (χ3n) is 2.46. The van der Waals surface area contributed by atoms with Crippen LogP contribution in [0.15, 0.2) is 22.7 Å². The lowest BCUT2D eigenvalue weighted by atomic mass is 9.93. The van der Waals surface area contributed by atoms with Crippen molar-refractivity contribution < 1.29 is 13.6 Å². The highest BCUT2D eigenvalue weighted by Gasteiger charge is 2.27. The number of aryl methyl sites for hydroxylation is 1. The molecule has 0 aliphatic carbocycles. The molecule has 0 aromatic carbocycles. The molecule has 0 aliphatic heterocycles. The number of oxime groups is 1. The molecule has 9 heteroatoms. The first-order chi connectivity index (χ1) is 8.19. The molecule has 0 aliphatic rings. The van der Waals surface area contributed by atoms with Crippen LogP contribution in [0.25, 0.3) is 0 Å². The summed E-state index contributed by atoms with van der Waals surface area (Å²) >= 11 is 0. The van der Waals surface area contributed by atoms with Gasteiger partial charge >= 0.3 is 0 Å². The van der Waals surface area contributed by atoms with E-state index in [1.165, 1.54) is 17.1 Å². The van der Waals surface area contributed by atoms with Crippen LogP contribution in [0.1, 0.15) is 13.8 Å². The number of amidine groups is 1. The van der Waals surface area contributed by atoms with E-state index in [9.17, 15) is 8.42 Å². The SMILES string of the molecule is Cn1cnc(S(=O)(=O)NCC(C)(C)C(N)=NO)c1. The highest BCUT2D eigenvalue weighted by atomic mass is 32.2. The molecule has 8 nitrogen and oxygen atoms in total. The largest absolute Gasteiger partial charge is 0.409 e. The molecule has 102 valence electrons. The van der Waals surface area contributed by atoms with Crippen molar-refractivity contribution in [3.8, 4) is 0 Å². The second-order valence-electron chi connectivity index (χ2n) is 4.57. The van der Waals surface area contributed by atoms with Gasteiger partial charge in [-0.1, -0.05) is 19.0 Å². The van der Waals surface area contributed by atoms with Crippen molar-refractivity contribution in [1.82, 2.24) is 14.3 Å². The Kier molecular flexibility index (Phi) is 3.97. The van der Waals surface area contributed by atoms with Crippen molar-refractivity contribution in [3.05, 3.63) is 12.5 Å². The van der Waals surface area contributed by atoms with Crippen molar-refractivity contribution in [1.29, 1.82) is 0 Å². The zero-order chi connectivity index (χ0) is 14.0. The third kappa shape index (κ3) is 3.20. The van der Waals surface area contributed by atoms with Gasteiger partial charge in [0.05, 0.1) is 6.33 Å². The molecule has 1 aromatic rings. The van der Waals surface area contributed by atoms with Gasteiger partial charge in [0, 0.05) is 25.2 Å². The van der Waals surface area contributed by atoms with Crippen LogP contribution in [0.4, 0.5) is 0 Å². The van der Waals surface area contributed by atoms with Gasteiger partial charge < -0.3 is 15.5 Å². The molecule has 0 unspecified atom stereocenters. The Labute approximate surface area is 106 Å². The smallest absolute Gasteiger partial charge is 0.259 e. The van der Waals surface area contributed by atoms with Crippen LogP contribution in [0.5, 0.6) is 0 Å². The number of hydrogen-bond donors (Lipinski definition) is 3. The van der Waals surface area contributed by atoms with Crippen LogP contribution in [0.2, 0.25) is 0 Å². The number of hydrogen-bond acceptors (Lipinski definition) is 5. The summed E-state index contributed by atoms with van der Waals surface area (Å²) in [6.45, 7) is 3.31. The number of nitrogens with zero attached hydrogens (tertiary/aromatic N) is 3. The van der Waals surface area contributed by atoms with E-state index in [2.05, 4.69) is 14.9 Å². The first-order valence-electron chi connectivity index (χ1n) is 5.15. The number of sulfonamides is 1. The second kappa shape index (κ2) is 4.94. The fraction of sp³-hybridized carbons (Fsp3) is 0.556. The van der Waals surface area contributed by atoms with Gasteiger partial charge in [0.2, 0.25) is 0 Å². The molecule has 18 heavy (non-hydrogen) atoms. The first-order valence-corrected chi connectivity index (χ1v) is 6.63. The number of imidazole rings is 1. The van der Waals surface area contributed by atoms with Gasteiger partial charge in [0.1, 0.15) is 5.84 Å². The van der Waals surface area contributed by atoms with E-state index >= 15 is 0 Å². The molecule has 4 N–H and O–H groups in total. The number of nitrogens with two attached hydrogens (primary N) is 1. The maximum absolute atomic E-state index is 11.9. The molecule has 0 spiro atoms. The zero-order valence-electron chi connectivity index (χ0n) is 10.5. The minimum Gasteiger partial charge on any atom is -0.409 e. The fourth-order valence-corrected chi connectivity index (χ4v) is 2.29. The summed E-state index contributed by atoms with van der Waals surface area (Å²) in [5.74, 6) is -0.0498. The van der Waals surface area contributed by atoms with Crippen LogP contribution in [0, 0.1) is 5.41 Å². The van der Waals surface area contributed by atoms with Gasteiger partial charge in [-0.25, -0.2) is 18.1 Å². The molecule has 0 amide bonds. The van der Waals surface area contributed by atoms with Crippen LogP contribution >= 0.6 is 0 Å². The van der Waals surface area contributed by atoms with Crippen LogP contribution < -0.4 is 10.5 Å². The zero-order valence-corrected chi connectivity index (χ0v) is 11.3. The summed E-state index contributed by atoms with van der Waals surface area (Å²) in [5, 5.41) is 11.4. The molecule has 0 fully saturated rings. The van der Waals surface area contributed by atoms with E-state index in [0.717, 1.165) is 0 Å². The Morgan fingerprint density at radius 3 is 2.72 bits per heavy atom. The number of rotatable bonds is 5. The fourth-order valence-electron chi connectivity index (χ4n) is 1.10. The van der Waals surface area contributed by atoms with Crippen LogP contribution in [-0.2, 0) is 17.1 Å². The Morgan fingerprint density at radius 2 is 2.28 bits per heavy atom.